The third-order valence-electron chi connectivity index (χ3n) is 5.16. The van der Waals surface area contributed by atoms with Gasteiger partial charge in [0.1, 0.15) is 5.65 Å². The number of aromatic nitrogens is 4. The van der Waals surface area contributed by atoms with Gasteiger partial charge in [-0.2, -0.15) is 0 Å². The second-order valence-electron chi connectivity index (χ2n) is 6.93. The second kappa shape index (κ2) is 6.87. The van der Waals surface area contributed by atoms with Crippen LogP contribution in [0.2, 0.25) is 5.02 Å². The summed E-state index contributed by atoms with van der Waals surface area (Å²) in [5, 5.41) is 4.61. The number of aromatic amines is 1. The summed E-state index contributed by atoms with van der Waals surface area (Å²) in [6, 6.07) is 10.1. The van der Waals surface area contributed by atoms with Gasteiger partial charge < -0.3 is 10.3 Å². The van der Waals surface area contributed by atoms with Crippen molar-refractivity contribution in [2.75, 3.05) is 5.32 Å². The quantitative estimate of drug-likeness (QED) is 0.459. The fourth-order valence-electron chi connectivity index (χ4n) is 3.83. The number of benzene rings is 1. The third-order valence-corrected chi connectivity index (χ3v) is 5.37. The molecular weight excluding hydrogens is 377 g/mol. The van der Waals surface area contributed by atoms with Gasteiger partial charge in [-0.15, -0.1) is 0 Å². The number of aryl methyl sites for hydroxylation is 1. The van der Waals surface area contributed by atoms with E-state index < -0.39 is 5.82 Å². The first kappa shape index (κ1) is 17.1. The molecular formula is C21H21ClFN5. The number of rotatable bonds is 3. The third kappa shape index (κ3) is 2.99. The lowest BCUT2D eigenvalue weighted by molar-refractivity contribution is 0.579. The Morgan fingerprint density at radius 3 is 3.04 bits per heavy atom. The number of fused-ring (bicyclic) bond motifs is 2. The summed E-state index contributed by atoms with van der Waals surface area (Å²) < 4.78 is 14.5. The average molecular weight is 398 g/mol. The smallest absolute Gasteiger partial charge is 0.183 e. The second-order valence-corrected chi connectivity index (χ2v) is 7.37. The van der Waals surface area contributed by atoms with E-state index in [1.807, 2.05) is 12.1 Å². The predicted octanol–water partition coefficient (Wildman–Crippen LogP) is 5.79. The highest BCUT2D eigenvalue weighted by molar-refractivity contribution is 6.31. The van der Waals surface area contributed by atoms with Gasteiger partial charge in [-0.25, -0.2) is 19.3 Å². The Balaban J connectivity index is 0.00000128. The largest absolute Gasteiger partial charge is 0.361 e. The van der Waals surface area contributed by atoms with Crippen molar-refractivity contribution in [2.45, 2.75) is 25.3 Å². The first-order valence-corrected chi connectivity index (χ1v) is 9.57. The molecule has 0 radical (unpaired) electrons. The van der Waals surface area contributed by atoms with E-state index in [0.717, 1.165) is 30.2 Å². The molecule has 1 unspecified atom stereocenters. The maximum atomic E-state index is 14.5. The van der Waals surface area contributed by atoms with Gasteiger partial charge in [-0.05, 0) is 36.5 Å². The Morgan fingerprint density at radius 1 is 1.21 bits per heavy atom. The highest BCUT2D eigenvalue weighted by Gasteiger charge is 2.22. The van der Waals surface area contributed by atoms with Crippen molar-refractivity contribution in [3.63, 3.8) is 0 Å². The fraction of sp³-hybridized carbons (Fsp3) is 0.190. The SMILES string of the molecule is Fc1cnc(-c2c[nH]c3ncc(Cl)cc23)nc1NC1CCCc2ccccc21.[HH].[HH]. The predicted molar refractivity (Wildman–Crippen MR) is 112 cm³/mol. The summed E-state index contributed by atoms with van der Waals surface area (Å²) in [5.41, 5.74) is 3.93. The molecule has 3 aromatic heterocycles. The normalized spacial score (nSPS) is 16.1. The zero-order valence-corrected chi connectivity index (χ0v) is 15.7. The summed E-state index contributed by atoms with van der Waals surface area (Å²) in [6.45, 7) is 0. The Bertz CT molecular complexity index is 1180. The van der Waals surface area contributed by atoms with E-state index in [1.165, 1.54) is 17.3 Å². The molecule has 28 heavy (non-hydrogen) atoms. The van der Waals surface area contributed by atoms with Crippen molar-refractivity contribution >= 4 is 28.5 Å². The minimum absolute atomic E-state index is 0. The molecule has 1 aliphatic rings. The summed E-state index contributed by atoms with van der Waals surface area (Å²) >= 11 is 6.08. The number of hydrogen-bond donors (Lipinski definition) is 2. The molecule has 0 bridgehead atoms. The van der Waals surface area contributed by atoms with Gasteiger partial charge in [0, 0.05) is 26.2 Å². The molecule has 0 saturated heterocycles. The molecule has 1 aromatic carbocycles. The van der Waals surface area contributed by atoms with Gasteiger partial charge in [-0.3, -0.25) is 0 Å². The molecule has 1 atom stereocenters. The van der Waals surface area contributed by atoms with Crippen molar-refractivity contribution in [2.24, 2.45) is 0 Å². The van der Waals surface area contributed by atoms with Gasteiger partial charge in [0.25, 0.3) is 0 Å². The zero-order chi connectivity index (χ0) is 19.1. The van der Waals surface area contributed by atoms with E-state index in [1.54, 1.807) is 18.5 Å². The number of halogens is 2. The molecule has 4 aromatic rings. The van der Waals surface area contributed by atoms with Crippen LogP contribution in [0.5, 0.6) is 0 Å². The van der Waals surface area contributed by atoms with Crippen molar-refractivity contribution in [3.05, 3.63) is 70.9 Å². The minimum Gasteiger partial charge on any atom is -0.361 e. The van der Waals surface area contributed by atoms with Gasteiger partial charge in [0.05, 0.1) is 17.3 Å². The topological polar surface area (TPSA) is 66.5 Å². The first-order valence-electron chi connectivity index (χ1n) is 9.19. The van der Waals surface area contributed by atoms with E-state index in [-0.39, 0.29) is 14.7 Å². The minimum atomic E-state index is -0.470. The number of nitrogens with zero attached hydrogens (tertiary/aromatic N) is 3. The fourth-order valence-corrected chi connectivity index (χ4v) is 3.99. The van der Waals surface area contributed by atoms with Crippen molar-refractivity contribution in [1.29, 1.82) is 0 Å². The molecule has 1 aliphatic carbocycles. The summed E-state index contributed by atoms with van der Waals surface area (Å²) in [5.74, 6) is 0.155. The molecule has 0 aliphatic heterocycles. The molecule has 0 fully saturated rings. The van der Waals surface area contributed by atoms with Crippen LogP contribution in [0.25, 0.3) is 22.4 Å². The first-order chi connectivity index (χ1) is 13.7. The van der Waals surface area contributed by atoms with Gasteiger partial charge in [0.15, 0.2) is 17.5 Å². The van der Waals surface area contributed by atoms with Crippen LogP contribution in [0.4, 0.5) is 10.2 Å². The van der Waals surface area contributed by atoms with Crippen LogP contribution >= 0.6 is 11.6 Å². The number of H-pyrrole nitrogens is 1. The Morgan fingerprint density at radius 2 is 2.11 bits per heavy atom. The Labute approximate surface area is 169 Å². The van der Waals surface area contributed by atoms with E-state index in [9.17, 15) is 4.39 Å². The van der Waals surface area contributed by atoms with Crippen LogP contribution in [-0.4, -0.2) is 19.9 Å². The number of nitrogens with one attached hydrogen (secondary N) is 2. The van der Waals surface area contributed by atoms with Crippen LogP contribution < -0.4 is 5.32 Å². The lowest BCUT2D eigenvalue weighted by Crippen LogP contribution is -2.18. The summed E-state index contributed by atoms with van der Waals surface area (Å²) in [4.78, 5) is 16.0. The van der Waals surface area contributed by atoms with E-state index in [0.29, 0.717) is 16.5 Å². The number of hydrogen-bond acceptors (Lipinski definition) is 4. The van der Waals surface area contributed by atoms with Crippen molar-refractivity contribution in [3.8, 4) is 11.4 Å². The van der Waals surface area contributed by atoms with E-state index >= 15 is 0 Å². The van der Waals surface area contributed by atoms with Crippen LogP contribution in [0.15, 0.2) is 48.9 Å². The molecule has 144 valence electrons. The molecule has 2 N–H and O–H groups in total. The lowest BCUT2D eigenvalue weighted by atomic mass is 9.88. The molecule has 7 heteroatoms. The van der Waals surface area contributed by atoms with E-state index in [2.05, 4.69) is 37.4 Å². The van der Waals surface area contributed by atoms with Gasteiger partial charge in [0.2, 0.25) is 0 Å². The standard InChI is InChI=1S/C21H17ClFN5.2H2/c22-13-8-15-16(10-25-19(15)24-9-13)20-26-11-17(23)21(28-20)27-18-7-3-5-12-4-1-2-6-14(12)18;;/h1-2,4,6,8-11,18H,3,5,7H2,(H,24,25)(H,26,27,28);2*1H. The highest BCUT2D eigenvalue weighted by Crippen LogP contribution is 2.33. The van der Waals surface area contributed by atoms with Crippen LogP contribution in [0.3, 0.4) is 0 Å². The highest BCUT2D eigenvalue weighted by atomic mass is 35.5. The van der Waals surface area contributed by atoms with Crippen LogP contribution in [0, 0.1) is 5.82 Å². The van der Waals surface area contributed by atoms with Crippen LogP contribution in [0.1, 0.15) is 32.9 Å². The van der Waals surface area contributed by atoms with Crippen molar-refractivity contribution in [1.82, 2.24) is 19.9 Å². The summed E-state index contributed by atoms with van der Waals surface area (Å²) in [7, 11) is 0. The summed E-state index contributed by atoms with van der Waals surface area (Å²) in [6.07, 6.45) is 7.58. The lowest BCUT2D eigenvalue weighted by Gasteiger charge is -2.27. The molecule has 5 rings (SSSR count). The maximum absolute atomic E-state index is 14.5. The molecule has 3 heterocycles. The Hall–Kier alpha value is -2.99. The molecule has 0 saturated carbocycles. The number of pyridine rings is 1. The van der Waals surface area contributed by atoms with Crippen LogP contribution in [-0.2, 0) is 6.42 Å². The molecule has 0 amide bonds. The van der Waals surface area contributed by atoms with Gasteiger partial charge >= 0.3 is 0 Å². The Kier molecular flexibility index (Phi) is 4.20. The zero-order valence-electron chi connectivity index (χ0n) is 14.9. The molecule has 0 spiro atoms. The number of anilines is 1. The van der Waals surface area contributed by atoms with Crippen molar-refractivity contribution < 1.29 is 7.24 Å². The average Bonchev–Trinajstić information content (AvgIpc) is 3.13. The molecule has 5 nitrogen and oxygen atoms in total. The van der Waals surface area contributed by atoms with Gasteiger partial charge in [-0.1, -0.05) is 35.9 Å². The van der Waals surface area contributed by atoms with E-state index in [4.69, 9.17) is 11.6 Å². The monoisotopic (exact) mass is 397 g/mol. The maximum Gasteiger partial charge on any atom is 0.183 e.